The molecule has 2 aromatic rings. The van der Waals surface area contributed by atoms with Crippen LogP contribution in [-0.4, -0.2) is 36.6 Å². The van der Waals surface area contributed by atoms with Crippen molar-refractivity contribution in [2.75, 3.05) is 19.6 Å². The molecule has 1 aliphatic carbocycles. The fraction of sp³-hybridized carbons (Fsp3) is 0.478. The normalized spacial score (nSPS) is 19.4. The van der Waals surface area contributed by atoms with Gasteiger partial charge in [-0.1, -0.05) is 60.7 Å². The highest BCUT2D eigenvalue weighted by Gasteiger charge is 2.27. The van der Waals surface area contributed by atoms with E-state index in [4.69, 9.17) is 0 Å². The lowest BCUT2D eigenvalue weighted by molar-refractivity contribution is 0.193. The van der Waals surface area contributed by atoms with Gasteiger partial charge < -0.3 is 10.2 Å². The van der Waals surface area contributed by atoms with Crippen LogP contribution in [0.2, 0.25) is 0 Å². The van der Waals surface area contributed by atoms with Crippen molar-refractivity contribution in [1.82, 2.24) is 10.2 Å². The lowest BCUT2D eigenvalue weighted by Crippen LogP contribution is -2.43. The summed E-state index contributed by atoms with van der Waals surface area (Å²) in [6, 6.07) is 23.6. The molecule has 0 spiro atoms. The summed E-state index contributed by atoms with van der Waals surface area (Å²) in [6.45, 7) is 3.70. The maximum Gasteiger partial charge on any atom is 0.0101 e. The first-order chi connectivity index (χ1) is 12.4. The molecule has 25 heavy (non-hydrogen) atoms. The minimum absolute atomic E-state index is 0.504. The van der Waals surface area contributed by atoms with Crippen LogP contribution >= 0.6 is 0 Å². The zero-order valence-corrected chi connectivity index (χ0v) is 15.1. The maximum absolute atomic E-state index is 3.80. The van der Waals surface area contributed by atoms with Gasteiger partial charge in [0.2, 0.25) is 0 Å². The van der Waals surface area contributed by atoms with Crippen LogP contribution in [0.15, 0.2) is 60.7 Å². The number of rotatable bonds is 7. The summed E-state index contributed by atoms with van der Waals surface area (Å²) in [7, 11) is 0. The molecule has 1 heterocycles. The number of likely N-dealkylation sites (tertiary alicyclic amines) is 1. The van der Waals surface area contributed by atoms with E-state index in [0.29, 0.717) is 5.92 Å². The van der Waals surface area contributed by atoms with E-state index in [-0.39, 0.29) is 0 Å². The molecule has 132 valence electrons. The van der Waals surface area contributed by atoms with Gasteiger partial charge in [0.05, 0.1) is 0 Å². The van der Waals surface area contributed by atoms with E-state index in [1.54, 1.807) is 0 Å². The Kier molecular flexibility index (Phi) is 5.49. The van der Waals surface area contributed by atoms with Gasteiger partial charge in [0, 0.05) is 18.0 Å². The van der Waals surface area contributed by atoms with Crippen LogP contribution < -0.4 is 5.32 Å². The molecule has 1 saturated heterocycles. The Bertz CT molecular complexity index is 588. The van der Waals surface area contributed by atoms with E-state index < -0.39 is 0 Å². The average molecular weight is 335 g/mol. The monoisotopic (exact) mass is 334 g/mol. The van der Waals surface area contributed by atoms with Crippen molar-refractivity contribution in [3.05, 3.63) is 71.8 Å². The topological polar surface area (TPSA) is 15.3 Å². The summed E-state index contributed by atoms with van der Waals surface area (Å²) in [5.41, 5.74) is 2.89. The number of nitrogens with one attached hydrogen (secondary N) is 1. The lowest BCUT2D eigenvalue weighted by atomic mass is 9.88. The number of benzene rings is 2. The molecular formula is C23H30N2. The number of hydrogen-bond acceptors (Lipinski definition) is 2. The summed E-state index contributed by atoms with van der Waals surface area (Å²) in [5.74, 6) is 0.504. The van der Waals surface area contributed by atoms with E-state index in [0.717, 1.165) is 12.1 Å². The Hall–Kier alpha value is -1.64. The summed E-state index contributed by atoms with van der Waals surface area (Å²) in [6.07, 6.45) is 6.64. The molecule has 0 radical (unpaired) electrons. The molecule has 1 N–H and O–H groups in total. The SMILES string of the molecule is c1ccc(C(CCN2CCC(NC3CC3)CC2)c2ccccc2)cc1. The van der Waals surface area contributed by atoms with Crippen molar-refractivity contribution in [3.63, 3.8) is 0 Å². The summed E-state index contributed by atoms with van der Waals surface area (Å²) in [5, 5.41) is 3.80. The first-order valence-electron chi connectivity index (χ1n) is 9.97. The first-order valence-corrected chi connectivity index (χ1v) is 9.97. The Morgan fingerprint density at radius 3 is 1.80 bits per heavy atom. The molecule has 0 amide bonds. The summed E-state index contributed by atoms with van der Waals surface area (Å²) in [4.78, 5) is 2.67. The smallest absolute Gasteiger partial charge is 0.0101 e. The molecule has 2 nitrogen and oxygen atoms in total. The van der Waals surface area contributed by atoms with Gasteiger partial charge in [0.25, 0.3) is 0 Å². The molecule has 0 unspecified atom stereocenters. The van der Waals surface area contributed by atoms with Gasteiger partial charge in [-0.3, -0.25) is 0 Å². The van der Waals surface area contributed by atoms with Gasteiger partial charge in [0.15, 0.2) is 0 Å². The van der Waals surface area contributed by atoms with E-state index >= 15 is 0 Å². The van der Waals surface area contributed by atoms with Crippen molar-refractivity contribution in [2.24, 2.45) is 0 Å². The molecule has 2 aromatic carbocycles. The van der Waals surface area contributed by atoms with Crippen LogP contribution in [0.4, 0.5) is 0 Å². The third-order valence-electron chi connectivity index (χ3n) is 5.77. The van der Waals surface area contributed by atoms with Crippen LogP contribution in [0.5, 0.6) is 0 Å². The highest BCUT2D eigenvalue weighted by atomic mass is 15.1. The second-order valence-electron chi connectivity index (χ2n) is 7.72. The maximum atomic E-state index is 3.80. The van der Waals surface area contributed by atoms with E-state index in [9.17, 15) is 0 Å². The highest BCUT2D eigenvalue weighted by Crippen LogP contribution is 2.29. The molecule has 0 aromatic heterocycles. The van der Waals surface area contributed by atoms with Crippen molar-refractivity contribution >= 4 is 0 Å². The largest absolute Gasteiger partial charge is 0.311 e. The summed E-state index contributed by atoms with van der Waals surface area (Å²) < 4.78 is 0. The van der Waals surface area contributed by atoms with Crippen molar-refractivity contribution in [1.29, 1.82) is 0 Å². The zero-order valence-electron chi connectivity index (χ0n) is 15.1. The number of piperidine rings is 1. The van der Waals surface area contributed by atoms with Gasteiger partial charge in [-0.15, -0.1) is 0 Å². The van der Waals surface area contributed by atoms with Gasteiger partial charge in [-0.25, -0.2) is 0 Å². The van der Waals surface area contributed by atoms with Gasteiger partial charge in [-0.05, 0) is 62.9 Å². The molecule has 0 atom stereocenters. The van der Waals surface area contributed by atoms with E-state index in [1.807, 2.05) is 0 Å². The van der Waals surface area contributed by atoms with Gasteiger partial charge in [0.1, 0.15) is 0 Å². The standard InChI is InChI=1S/C23H30N2/c1-3-7-19(8-4-1)23(20-9-5-2-6-10-20)15-18-25-16-13-22(14-17-25)24-21-11-12-21/h1-10,21-24H,11-18H2. The first kappa shape index (κ1) is 16.8. The van der Waals surface area contributed by atoms with Gasteiger partial charge in [-0.2, -0.15) is 0 Å². The van der Waals surface area contributed by atoms with Crippen LogP contribution in [-0.2, 0) is 0 Å². The molecule has 1 saturated carbocycles. The average Bonchev–Trinajstić information content (AvgIpc) is 3.49. The van der Waals surface area contributed by atoms with E-state index in [2.05, 4.69) is 70.9 Å². The minimum Gasteiger partial charge on any atom is -0.311 e. The number of nitrogens with zero attached hydrogens (tertiary/aromatic N) is 1. The molecule has 0 bridgehead atoms. The second kappa shape index (κ2) is 8.16. The minimum atomic E-state index is 0.504. The Morgan fingerprint density at radius 1 is 0.760 bits per heavy atom. The Morgan fingerprint density at radius 2 is 1.28 bits per heavy atom. The molecule has 2 aliphatic rings. The predicted octanol–water partition coefficient (Wildman–Crippen LogP) is 4.43. The van der Waals surface area contributed by atoms with Crippen molar-refractivity contribution < 1.29 is 0 Å². The van der Waals surface area contributed by atoms with Crippen LogP contribution in [0.3, 0.4) is 0 Å². The van der Waals surface area contributed by atoms with Crippen LogP contribution in [0, 0.1) is 0 Å². The molecule has 4 rings (SSSR count). The highest BCUT2D eigenvalue weighted by molar-refractivity contribution is 5.32. The lowest BCUT2D eigenvalue weighted by Gasteiger charge is -2.33. The van der Waals surface area contributed by atoms with Gasteiger partial charge >= 0.3 is 0 Å². The molecule has 1 aliphatic heterocycles. The molecular weight excluding hydrogens is 304 g/mol. The van der Waals surface area contributed by atoms with Crippen molar-refractivity contribution in [3.8, 4) is 0 Å². The molecule has 2 fully saturated rings. The third kappa shape index (κ3) is 4.71. The van der Waals surface area contributed by atoms with Crippen molar-refractivity contribution in [2.45, 2.75) is 50.1 Å². The fourth-order valence-electron chi connectivity index (χ4n) is 4.11. The summed E-state index contributed by atoms with van der Waals surface area (Å²) >= 11 is 0. The molecule has 2 heteroatoms. The Balaban J connectivity index is 1.35. The second-order valence-corrected chi connectivity index (χ2v) is 7.72. The predicted molar refractivity (Wildman–Crippen MR) is 105 cm³/mol. The van der Waals surface area contributed by atoms with Crippen LogP contribution in [0.1, 0.15) is 49.1 Å². The number of hydrogen-bond donors (Lipinski definition) is 1. The quantitative estimate of drug-likeness (QED) is 0.806. The Labute approximate surface area is 152 Å². The zero-order chi connectivity index (χ0) is 16.9. The fourth-order valence-corrected chi connectivity index (χ4v) is 4.11. The van der Waals surface area contributed by atoms with E-state index in [1.165, 1.54) is 62.9 Å². The third-order valence-corrected chi connectivity index (χ3v) is 5.77. The van der Waals surface area contributed by atoms with Crippen LogP contribution in [0.25, 0.3) is 0 Å².